The maximum atomic E-state index is 13.1. The normalized spacial score (nSPS) is 15.8. The predicted octanol–water partition coefficient (Wildman–Crippen LogP) is 4.83. The minimum absolute atomic E-state index is 0.0479. The minimum Gasteiger partial charge on any atom is -0.454 e. The zero-order valence-electron chi connectivity index (χ0n) is 18.3. The lowest BCUT2D eigenvalue weighted by Crippen LogP contribution is -2.39. The molecule has 0 bridgehead atoms. The molecule has 1 fully saturated rings. The Morgan fingerprint density at radius 2 is 1.67 bits per heavy atom. The number of imidazole rings is 1. The summed E-state index contributed by atoms with van der Waals surface area (Å²) in [5.74, 6) is 2.48. The number of ether oxygens (including phenoxy) is 2. The second-order valence-corrected chi connectivity index (χ2v) is 8.64. The van der Waals surface area contributed by atoms with Gasteiger partial charge in [0.25, 0.3) is 5.91 Å². The molecular formula is C27H25N3O3. The first-order valence-electron chi connectivity index (χ1n) is 11.4. The number of para-hydroxylation sites is 2. The molecule has 1 amide bonds. The smallest absolute Gasteiger partial charge is 0.253 e. The molecule has 2 aliphatic heterocycles. The number of likely N-dealkylation sites (tertiary alicyclic amines) is 1. The number of fused-ring (bicyclic) bond motifs is 2. The molecule has 0 saturated carbocycles. The summed E-state index contributed by atoms with van der Waals surface area (Å²) in [4.78, 5) is 20.0. The van der Waals surface area contributed by atoms with Crippen LogP contribution in [-0.2, 0) is 6.42 Å². The first-order valence-corrected chi connectivity index (χ1v) is 11.4. The van der Waals surface area contributed by atoms with Crippen molar-refractivity contribution in [2.45, 2.75) is 25.3 Å². The van der Waals surface area contributed by atoms with E-state index in [-0.39, 0.29) is 12.7 Å². The molecule has 6 nitrogen and oxygen atoms in total. The molecule has 0 radical (unpaired) electrons. The van der Waals surface area contributed by atoms with Gasteiger partial charge in [-0.05, 0) is 48.7 Å². The van der Waals surface area contributed by atoms with Crippen molar-refractivity contribution in [2.24, 2.45) is 0 Å². The first kappa shape index (κ1) is 19.9. The van der Waals surface area contributed by atoms with Crippen LogP contribution in [0.2, 0.25) is 0 Å². The fraction of sp³-hybridized carbons (Fsp3) is 0.259. The first-order chi connectivity index (χ1) is 16.3. The van der Waals surface area contributed by atoms with E-state index < -0.39 is 0 Å². The highest BCUT2D eigenvalue weighted by atomic mass is 16.7. The summed E-state index contributed by atoms with van der Waals surface area (Å²) < 4.78 is 13.2. The molecule has 4 aromatic rings. The predicted molar refractivity (Wildman–Crippen MR) is 126 cm³/mol. The average molecular weight is 440 g/mol. The molecule has 1 saturated heterocycles. The van der Waals surface area contributed by atoms with Gasteiger partial charge in [-0.25, -0.2) is 4.98 Å². The summed E-state index contributed by atoms with van der Waals surface area (Å²) in [7, 11) is 0. The molecule has 0 N–H and O–H groups in total. The largest absolute Gasteiger partial charge is 0.454 e. The van der Waals surface area contributed by atoms with E-state index >= 15 is 0 Å². The van der Waals surface area contributed by atoms with Crippen molar-refractivity contribution in [3.8, 4) is 11.5 Å². The number of amides is 1. The van der Waals surface area contributed by atoms with Gasteiger partial charge in [-0.3, -0.25) is 4.79 Å². The summed E-state index contributed by atoms with van der Waals surface area (Å²) >= 11 is 0. The summed E-state index contributed by atoms with van der Waals surface area (Å²) in [6.45, 7) is 1.65. The number of hydrogen-bond acceptors (Lipinski definition) is 4. The number of nitrogens with zero attached hydrogens (tertiary/aromatic N) is 3. The number of carbonyl (C=O) groups is 1. The van der Waals surface area contributed by atoms with Crippen LogP contribution >= 0.6 is 0 Å². The third-order valence-electron chi connectivity index (χ3n) is 6.61. The number of benzene rings is 3. The minimum atomic E-state index is 0.0479. The van der Waals surface area contributed by atoms with Crippen LogP contribution in [0, 0.1) is 0 Å². The molecule has 6 heteroatoms. The Morgan fingerprint density at radius 3 is 2.52 bits per heavy atom. The number of hydrogen-bond donors (Lipinski definition) is 0. The van der Waals surface area contributed by atoms with E-state index in [1.165, 1.54) is 11.1 Å². The molecular weight excluding hydrogens is 414 g/mol. The zero-order chi connectivity index (χ0) is 22.2. The molecule has 0 spiro atoms. The molecule has 3 aromatic carbocycles. The summed E-state index contributed by atoms with van der Waals surface area (Å²) in [6, 6.07) is 24.6. The Kier molecular flexibility index (Phi) is 4.98. The standard InChI is InChI=1S/C27H25N3O3/c31-27(20-10-11-24-25(17-20)33-18-32-24)29-14-12-21(13-15-29)30-23-9-5-4-8-22(23)28-26(30)16-19-6-2-1-3-7-19/h1-11,17,21H,12-16,18H2. The van der Waals surface area contributed by atoms with E-state index in [9.17, 15) is 4.79 Å². The molecule has 0 atom stereocenters. The van der Waals surface area contributed by atoms with Crippen molar-refractivity contribution in [3.63, 3.8) is 0 Å². The van der Waals surface area contributed by atoms with Gasteiger partial charge in [0.15, 0.2) is 11.5 Å². The van der Waals surface area contributed by atoms with Crippen molar-refractivity contribution in [2.75, 3.05) is 19.9 Å². The molecule has 6 rings (SSSR count). The SMILES string of the molecule is O=C(c1ccc2c(c1)OCO2)N1CCC(n2c(Cc3ccccc3)nc3ccccc32)CC1. The van der Waals surface area contributed by atoms with Gasteiger partial charge in [-0.1, -0.05) is 42.5 Å². The van der Waals surface area contributed by atoms with Crippen LogP contribution in [0.25, 0.3) is 11.0 Å². The zero-order valence-corrected chi connectivity index (χ0v) is 18.3. The van der Waals surface area contributed by atoms with Crippen molar-refractivity contribution < 1.29 is 14.3 Å². The van der Waals surface area contributed by atoms with Crippen molar-refractivity contribution in [3.05, 3.63) is 89.7 Å². The van der Waals surface area contributed by atoms with Gasteiger partial charge in [0.1, 0.15) is 5.82 Å². The van der Waals surface area contributed by atoms with Gasteiger partial charge >= 0.3 is 0 Å². The summed E-state index contributed by atoms with van der Waals surface area (Å²) in [6.07, 6.45) is 2.60. The lowest BCUT2D eigenvalue weighted by atomic mass is 10.0. The molecule has 0 aliphatic carbocycles. The Morgan fingerprint density at radius 1 is 0.909 bits per heavy atom. The van der Waals surface area contributed by atoms with Gasteiger partial charge in [0, 0.05) is 31.1 Å². The lowest BCUT2D eigenvalue weighted by molar-refractivity contribution is 0.0695. The molecule has 33 heavy (non-hydrogen) atoms. The Balaban J connectivity index is 1.23. The van der Waals surface area contributed by atoms with Crippen LogP contribution in [0.5, 0.6) is 11.5 Å². The molecule has 166 valence electrons. The second kappa shape index (κ2) is 8.28. The van der Waals surface area contributed by atoms with E-state index in [1.54, 1.807) is 6.07 Å². The molecule has 1 aromatic heterocycles. The maximum absolute atomic E-state index is 13.1. The highest BCUT2D eigenvalue weighted by Crippen LogP contribution is 2.34. The van der Waals surface area contributed by atoms with Crippen LogP contribution in [0.1, 0.15) is 40.6 Å². The number of carbonyl (C=O) groups excluding carboxylic acids is 1. The maximum Gasteiger partial charge on any atom is 0.253 e. The van der Waals surface area contributed by atoms with Gasteiger partial charge in [0.05, 0.1) is 11.0 Å². The fourth-order valence-corrected chi connectivity index (χ4v) is 4.94. The third-order valence-corrected chi connectivity index (χ3v) is 6.61. The highest BCUT2D eigenvalue weighted by molar-refractivity contribution is 5.95. The van der Waals surface area contributed by atoms with Crippen molar-refractivity contribution >= 4 is 16.9 Å². The summed E-state index contributed by atoms with van der Waals surface area (Å²) in [5, 5.41) is 0. The van der Waals surface area contributed by atoms with E-state index in [4.69, 9.17) is 14.5 Å². The number of piperidine rings is 1. The van der Waals surface area contributed by atoms with Crippen molar-refractivity contribution in [1.29, 1.82) is 0 Å². The summed E-state index contributed by atoms with van der Waals surface area (Å²) in [5.41, 5.74) is 4.10. The molecule has 0 unspecified atom stereocenters. The van der Waals surface area contributed by atoms with E-state index in [0.29, 0.717) is 23.1 Å². The van der Waals surface area contributed by atoms with Crippen LogP contribution in [0.15, 0.2) is 72.8 Å². The van der Waals surface area contributed by atoms with E-state index in [2.05, 4.69) is 47.0 Å². The van der Waals surface area contributed by atoms with E-state index in [0.717, 1.165) is 43.7 Å². The van der Waals surface area contributed by atoms with Gasteiger partial charge in [-0.15, -0.1) is 0 Å². The quantitative estimate of drug-likeness (QED) is 0.457. The molecule has 2 aliphatic rings. The average Bonchev–Trinajstić information content (AvgIpc) is 3.48. The van der Waals surface area contributed by atoms with Gasteiger partial charge < -0.3 is 18.9 Å². The van der Waals surface area contributed by atoms with Crippen LogP contribution in [-0.4, -0.2) is 40.2 Å². The van der Waals surface area contributed by atoms with Crippen LogP contribution < -0.4 is 9.47 Å². The van der Waals surface area contributed by atoms with Crippen LogP contribution in [0.4, 0.5) is 0 Å². The van der Waals surface area contributed by atoms with Gasteiger partial charge in [-0.2, -0.15) is 0 Å². The monoisotopic (exact) mass is 439 g/mol. The second-order valence-electron chi connectivity index (χ2n) is 8.64. The lowest BCUT2D eigenvalue weighted by Gasteiger charge is -2.33. The number of aromatic nitrogens is 2. The number of rotatable bonds is 4. The topological polar surface area (TPSA) is 56.6 Å². The fourth-order valence-electron chi connectivity index (χ4n) is 4.94. The van der Waals surface area contributed by atoms with Gasteiger partial charge in [0.2, 0.25) is 6.79 Å². The Hall–Kier alpha value is -3.80. The third kappa shape index (κ3) is 3.71. The van der Waals surface area contributed by atoms with Crippen molar-refractivity contribution in [1.82, 2.24) is 14.5 Å². The van der Waals surface area contributed by atoms with Crippen LogP contribution in [0.3, 0.4) is 0 Å². The highest BCUT2D eigenvalue weighted by Gasteiger charge is 2.28. The Labute approximate surface area is 192 Å². The van der Waals surface area contributed by atoms with E-state index in [1.807, 2.05) is 29.2 Å². The molecule has 3 heterocycles. The Bertz CT molecular complexity index is 1310.